The van der Waals surface area contributed by atoms with Crippen molar-refractivity contribution in [1.29, 1.82) is 0 Å². The Morgan fingerprint density at radius 1 is 0.800 bits per heavy atom. The standard InChI is InChI=1S/C13H12NO5P.C7H7NO2/c15-13(16)10-6-8-11(9-7-10)14-20(17,18)19-12-4-2-1-3-5-12;8-6-3-1-5(2-4-6)7(9)10/h1-9H,(H,15,16)(H2,14,17,18);1-4H,8H2,(H,9,10). The van der Waals surface area contributed by atoms with E-state index >= 15 is 0 Å². The molecule has 3 rings (SSSR count). The smallest absolute Gasteiger partial charge is 0.478 e. The van der Waals surface area contributed by atoms with Crippen LogP contribution in [0.5, 0.6) is 5.75 Å². The maximum Gasteiger partial charge on any atom is 0.483 e. The Labute approximate surface area is 172 Å². The van der Waals surface area contributed by atoms with Crippen LogP contribution in [0.15, 0.2) is 78.9 Å². The summed E-state index contributed by atoms with van der Waals surface area (Å²) in [6.45, 7) is 0. The molecule has 0 amide bonds. The second kappa shape index (κ2) is 10.1. The first-order valence-corrected chi connectivity index (χ1v) is 10.0. The molecule has 0 aliphatic heterocycles. The molecule has 30 heavy (non-hydrogen) atoms. The zero-order chi connectivity index (χ0) is 22.1. The second-order valence-electron chi connectivity index (χ2n) is 5.85. The number of nitrogen functional groups attached to an aromatic ring is 1. The molecular weight excluding hydrogens is 411 g/mol. The number of hydrogen-bond donors (Lipinski definition) is 5. The molecule has 0 aliphatic carbocycles. The first-order chi connectivity index (χ1) is 14.2. The molecule has 0 bridgehead atoms. The van der Waals surface area contributed by atoms with E-state index in [-0.39, 0.29) is 22.6 Å². The van der Waals surface area contributed by atoms with Gasteiger partial charge in [0.05, 0.1) is 11.1 Å². The maximum absolute atomic E-state index is 11.9. The monoisotopic (exact) mass is 430 g/mol. The van der Waals surface area contributed by atoms with E-state index < -0.39 is 19.7 Å². The lowest BCUT2D eigenvalue weighted by molar-refractivity contribution is 0.0686. The fourth-order valence-electron chi connectivity index (χ4n) is 2.12. The minimum absolute atomic E-state index is 0.0901. The Hall–Kier alpha value is -3.81. The lowest BCUT2D eigenvalue weighted by Gasteiger charge is -2.15. The number of rotatable bonds is 6. The van der Waals surface area contributed by atoms with Gasteiger partial charge in [0.15, 0.2) is 0 Å². The summed E-state index contributed by atoms with van der Waals surface area (Å²) in [4.78, 5) is 30.7. The molecule has 0 saturated heterocycles. The summed E-state index contributed by atoms with van der Waals surface area (Å²) < 4.78 is 16.8. The Morgan fingerprint density at radius 2 is 1.27 bits per heavy atom. The van der Waals surface area contributed by atoms with Gasteiger partial charge in [0.1, 0.15) is 5.75 Å². The van der Waals surface area contributed by atoms with Crippen LogP contribution in [0.1, 0.15) is 20.7 Å². The topological polar surface area (TPSA) is 159 Å². The van der Waals surface area contributed by atoms with Crippen LogP contribution < -0.4 is 15.3 Å². The predicted molar refractivity (Wildman–Crippen MR) is 112 cm³/mol. The number of nitrogens with one attached hydrogen (secondary N) is 1. The third-order valence-electron chi connectivity index (χ3n) is 3.53. The minimum Gasteiger partial charge on any atom is -0.478 e. The lowest BCUT2D eigenvalue weighted by atomic mass is 10.2. The number of carbonyl (C=O) groups is 2. The molecule has 1 unspecified atom stereocenters. The van der Waals surface area contributed by atoms with Gasteiger partial charge in [-0.15, -0.1) is 0 Å². The zero-order valence-electron chi connectivity index (χ0n) is 15.5. The first-order valence-electron chi connectivity index (χ1n) is 8.44. The molecule has 3 aromatic rings. The fourth-order valence-corrected chi connectivity index (χ4v) is 3.05. The Bertz CT molecular complexity index is 1040. The van der Waals surface area contributed by atoms with Gasteiger partial charge < -0.3 is 20.5 Å². The van der Waals surface area contributed by atoms with Gasteiger partial charge in [0, 0.05) is 11.4 Å². The van der Waals surface area contributed by atoms with E-state index in [9.17, 15) is 19.0 Å². The molecule has 3 aromatic carbocycles. The van der Waals surface area contributed by atoms with Gasteiger partial charge in [-0.3, -0.25) is 9.98 Å². The van der Waals surface area contributed by atoms with Crippen molar-refractivity contribution < 1.29 is 33.8 Å². The molecular formula is C20H19N2O7P. The number of nitrogens with two attached hydrogens (primary N) is 1. The van der Waals surface area contributed by atoms with Crippen LogP contribution in [0.2, 0.25) is 0 Å². The highest BCUT2D eigenvalue weighted by molar-refractivity contribution is 7.54. The third-order valence-corrected chi connectivity index (χ3v) is 4.53. The zero-order valence-corrected chi connectivity index (χ0v) is 16.4. The lowest BCUT2D eigenvalue weighted by Crippen LogP contribution is -2.03. The van der Waals surface area contributed by atoms with Crippen molar-refractivity contribution in [3.63, 3.8) is 0 Å². The highest BCUT2D eigenvalue weighted by atomic mass is 31.2. The molecule has 0 saturated carbocycles. The molecule has 0 fully saturated rings. The van der Waals surface area contributed by atoms with E-state index in [0.717, 1.165) is 0 Å². The van der Waals surface area contributed by atoms with E-state index in [0.29, 0.717) is 5.69 Å². The summed E-state index contributed by atoms with van der Waals surface area (Å²) >= 11 is 0. The summed E-state index contributed by atoms with van der Waals surface area (Å²) in [5.41, 5.74) is 6.55. The van der Waals surface area contributed by atoms with Crippen molar-refractivity contribution in [2.75, 3.05) is 10.8 Å². The second-order valence-corrected chi connectivity index (χ2v) is 7.29. The van der Waals surface area contributed by atoms with Crippen molar-refractivity contribution in [3.8, 4) is 5.75 Å². The fraction of sp³-hybridized carbons (Fsp3) is 0. The van der Waals surface area contributed by atoms with Crippen LogP contribution in [0.3, 0.4) is 0 Å². The van der Waals surface area contributed by atoms with Crippen LogP contribution in [-0.2, 0) is 4.57 Å². The van der Waals surface area contributed by atoms with Crippen molar-refractivity contribution in [3.05, 3.63) is 90.0 Å². The Morgan fingerprint density at radius 3 is 1.73 bits per heavy atom. The Kier molecular flexibility index (Phi) is 7.57. The van der Waals surface area contributed by atoms with Crippen LogP contribution in [0, 0.1) is 0 Å². The number of para-hydroxylation sites is 1. The van der Waals surface area contributed by atoms with E-state index in [2.05, 4.69) is 5.09 Å². The van der Waals surface area contributed by atoms with Gasteiger partial charge in [-0.25, -0.2) is 14.2 Å². The summed E-state index contributed by atoms with van der Waals surface area (Å²) in [7, 11) is -4.07. The largest absolute Gasteiger partial charge is 0.483 e. The molecule has 9 nitrogen and oxygen atoms in total. The third kappa shape index (κ3) is 7.31. The van der Waals surface area contributed by atoms with Crippen LogP contribution >= 0.6 is 7.75 Å². The summed E-state index contributed by atoms with van der Waals surface area (Å²) in [5, 5.41) is 19.5. The van der Waals surface area contributed by atoms with Crippen LogP contribution in [-0.4, -0.2) is 27.0 Å². The number of anilines is 2. The minimum atomic E-state index is -4.07. The molecule has 1 atom stereocenters. The normalized spacial score (nSPS) is 11.9. The molecule has 0 spiro atoms. The highest BCUT2D eigenvalue weighted by Gasteiger charge is 2.21. The average Bonchev–Trinajstić information content (AvgIpc) is 2.69. The van der Waals surface area contributed by atoms with Gasteiger partial charge in [0.25, 0.3) is 0 Å². The molecule has 0 aromatic heterocycles. The van der Waals surface area contributed by atoms with Crippen molar-refractivity contribution >= 4 is 31.1 Å². The van der Waals surface area contributed by atoms with Gasteiger partial charge in [-0.1, -0.05) is 18.2 Å². The molecule has 0 radical (unpaired) electrons. The number of aromatic carboxylic acids is 2. The van der Waals surface area contributed by atoms with E-state index in [1.165, 1.54) is 36.4 Å². The predicted octanol–water partition coefficient (Wildman–Crippen LogP) is 3.94. The SMILES string of the molecule is Nc1ccc(C(=O)O)cc1.O=C(O)c1ccc(NP(=O)(O)Oc2ccccc2)cc1. The summed E-state index contributed by atoms with van der Waals surface area (Å²) in [6, 6.07) is 19.7. The van der Waals surface area contributed by atoms with Gasteiger partial charge >= 0.3 is 19.7 Å². The quantitative estimate of drug-likeness (QED) is 0.288. The van der Waals surface area contributed by atoms with Crippen molar-refractivity contribution in [2.45, 2.75) is 0 Å². The number of hydrogen-bond acceptors (Lipinski definition) is 5. The van der Waals surface area contributed by atoms with Gasteiger partial charge in [-0.05, 0) is 60.7 Å². The summed E-state index contributed by atoms with van der Waals surface area (Å²) in [5.74, 6) is -1.74. The molecule has 0 heterocycles. The number of carboxylic acids is 2. The van der Waals surface area contributed by atoms with Gasteiger partial charge in [0.2, 0.25) is 0 Å². The highest BCUT2D eigenvalue weighted by Crippen LogP contribution is 2.42. The van der Waals surface area contributed by atoms with E-state index in [1.54, 1.807) is 42.5 Å². The van der Waals surface area contributed by atoms with Crippen LogP contribution in [0.4, 0.5) is 11.4 Å². The molecule has 10 heteroatoms. The Balaban J connectivity index is 0.000000269. The van der Waals surface area contributed by atoms with Crippen molar-refractivity contribution in [1.82, 2.24) is 0 Å². The molecule has 156 valence electrons. The summed E-state index contributed by atoms with van der Waals surface area (Å²) in [6.07, 6.45) is 0. The molecule has 0 aliphatic rings. The van der Waals surface area contributed by atoms with E-state index in [1.807, 2.05) is 0 Å². The number of carboxylic acid groups (broad SMARTS) is 2. The average molecular weight is 430 g/mol. The van der Waals surface area contributed by atoms with Crippen molar-refractivity contribution in [2.24, 2.45) is 0 Å². The molecule has 6 N–H and O–H groups in total. The first kappa shape index (κ1) is 22.5. The van der Waals surface area contributed by atoms with Crippen LogP contribution in [0.25, 0.3) is 0 Å². The maximum atomic E-state index is 11.9. The number of benzene rings is 3. The van der Waals surface area contributed by atoms with Gasteiger partial charge in [-0.2, -0.15) is 0 Å². The van der Waals surface area contributed by atoms with E-state index in [4.69, 9.17) is 20.5 Å².